The van der Waals surface area contributed by atoms with Crippen LogP contribution in [0.3, 0.4) is 0 Å². The number of benzene rings is 2. The minimum atomic E-state index is -3.79. The largest absolute Gasteiger partial charge is 0.497 e. The molecular formula is C18H18ClNO5S. The number of rotatable bonds is 8. The van der Waals surface area contributed by atoms with Crippen LogP contribution in [0.15, 0.2) is 53.4 Å². The molecule has 0 aromatic heterocycles. The molecule has 0 radical (unpaired) electrons. The zero-order valence-electron chi connectivity index (χ0n) is 14.0. The molecule has 26 heavy (non-hydrogen) atoms. The van der Waals surface area contributed by atoms with Crippen LogP contribution in [0.1, 0.15) is 18.4 Å². The van der Waals surface area contributed by atoms with E-state index in [0.29, 0.717) is 28.4 Å². The van der Waals surface area contributed by atoms with Crippen LogP contribution in [0.25, 0.3) is 6.08 Å². The molecular weight excluding hydrogens is 378 g/mol. The molecule has 6 nitrogen and oxygen atoms in total. The summed E-state index contributed by atoms with van der Waals surface area (Å²) in [5.74, 6) is -0.348. The molecule has 0 amide bonds. The average molecular weight is 396 g/mol. The van der Waals surface area contributed by atoms with E-state index < -0.39 is 16.0 Å². The van der Waals surface area contributed by atoms with Crippen LogP contribution < -0.4 is 9.46 Å². The quantitative estimate of drug-likeness (QED) is 0.704. The molecule has 138 valence electrons. The van der Waals surface area contributed by atoms with Crippen LogP contribution in [-0.2, 0) is 14.8 Å². The summed E-state index contributed by atoms with van der Waals surface area (Å²) in [5.41, 5.74) is 0.886. The van der Waals surface area contributed by atoms with Crippen LogP contribution in [0, 0.1) is 0 Å². The minimum absolute atomic E-state index is 0.00995. The molecule has 0 heterocycles. The van der Waals surface area contributed by atoms with Gasteiger partial charge in [-0.25, -0.2) is 8.42 Å². The molecule has 0 aliphatic carbocycles. The lowest BCUT2D eigenvalue weighted by molar-refractivity contribution is -0.136. The molecule has 0 bridgehead atoms. The highest BCUT2D eigenvalue weighted by Gasteiger charge is 2.15. The lowest BCUT2D eigenvalue weighted by atomic mass is 10.1. The van der Waals surface area contributed by atoms with E-state index in [4.69, 9.17) is 21.4 Å². The highest BCUT2D eigenvalue weighted by Crippen LogP contribution is 2.25. The first-order valence-corrected chi connectivity index (χ1v) is 9.53. The first-order chi connectivity index (χ1) is 12.3. The fourth-order valence-electron chi connectivity index (χ4n) is 2.14. The van der Waals surface area contributed by atoms with Gasteiger partial charge in [0.25, 0.3) is 10.0 Å². The average Bonchev–Trinajstić information content (AvgIpc) is 2.60. The maximum Gasteiger partial charge on any atom is 0.303 e. The number of allylic oxidation sites excluding steroid dienone is 1. The number of ether oxygens (including phenoxy) is 1. The predicted octanol–water partition coefficient (Wildman–Crippen LogP) is 4.03. The van der Waals surface area contributed by atoms with Crippen molar-refractivity contribution in [2.24, 2.45) is 0 Å². The van der Waals surface area contributed by atoms with E-state index in [1.807, 2.05) is 0 Å². The van der Waals surface area contributed by atoms with Crippen LogP contribution in [0.5, 0.6) is 5.75 Å². The Hall–Kier alpha value is -2.51. The monoisotopic (exact) mass is 395 g/mol. The number of hydrogen-bond donors (Lipinski definition) is 2. The Kier molecular flexibility index (Phi) is 6.65. The molecule has 2 aromatic carbocycles. The summed E-state index contributed by atoms with van der Waals surface area (Å²) in [7, 11) is -2.30. The molecule has 2 aromatic rings. The number of carbonyl (C=O) groups is 1. The molecule has 2 rings (SSSR count). The third kappa shape index (κ3) is 5.50. The van der Waals surface area contributed by atoms with Gasteiger partial charge < -0.3 is 9.84 Å². The second-order valence-electron chi connectivity index (χ2n) is 5.35. The maximum absolute atomic E-state index is 12.6. The van der Waals surface area contributed by atoms with Gasteiger partial charge in [0.05, 0.1) is 17.7 Å². The van der Waals surface area contributed by atoms with Crippen molar-refractivity contribution in [3.63, 3.8) is 0 Å². The molecule has 0 unspecified atom stereocenters. The Morgan fingerprint density at radius 2 is 1.92 bits per heavy atom. The molecule has 0 atom stereocenters. The van der Waals surface area contributed by atoms with Crippen molar-refractivity contribution in [3.05, 3.63) is 59.1 Å². The van der Waals surface area contributed by atoms with Crippen molar-refractivity contribution < 1.29 is 23.1 Å². The minimum Gasteiger partial charge on any atom is -0.497 e. The number of sulfonamides is 1. The van der Waals surface area contributed by atoms with E-state index in [9.17, 15) is 13.2 Å². The number of hydrogen-bond acceptors (Lipinski definition) is 4. The van der Waals surface area contributed by atoms with E-state index in [-0.39, 0.29) is 11.3 Å². The summed E-state index contributed by atoms with van der Waals surface area (Å²) < 4.78 is 32.7. The van der Waals surface area contributed by atoms with Gasteiger partial charge in [0.2, 0.25) is 0 Å². The summed E-state index contributed by atoms with van der Waals surface area (Å²) in [5, 5.41) is 9.11. The van der Waals surface area contributed by atoms with E-state index in [0.717, 1.165) is 0 Å². The molecule has 0 aliphatic heterocycles. The SMILES string of the molecule is COc1ccc(S(=O)(=O)Nc2ccc(Cl)cc2C=CCCC(=O)O)cc1. The van der Waals surface area contributed by atoms with E-state index in [1.54, 1.807) is 42.5 Å². The van der Waals surface area contributed by atoms with Crippen molar-refractivity contribution in [3.8, 4) is 5.75 Å². The Balaban J connectivity index is 2.25. The van der Waals surface area contributed by atoms with Gasteiger partial charge in [-0.05, 0) is 54.4 Å². The zero-order valence-corrected chi connectivity index (χ0v) is 15.5. The van der Waals surface area contributed by atoms with Crippen molar-refractivity contribution in [2.75, 3.05) is 11.8 Å². The molecule has 0 spiro atoms. The Bertz CT molecular complexity index is 908. The van der Waals surface area contributed by atoms with Gasteiger partial charge in [-0.15, -0.1) is 0 Å². The summed E-state index contributed by atoms with van der Waals surface area (Å²) in [6, 6.07) is 10.7. The predicted molar refractivity (Wildman–Crippen MR) is 101 cm³/mol. The lowest BCUT2D eigenvalue weighted by Crippen LogP contribution is -2.13. The Morgan fingerprint density at radius 3 is 2.54 bits per heavy atom. The second kappa shape index (κ2) is 8.73. The maximum atomic E-state index is 12.6. The standard InChI is InChI=1S/C18H18ClNO5S/c1-25-15-7-9-16(10-8-15)26(23,24)20-17-11-6-14(19)12-13(17)4-2-3-5-18(21)22/h2,4,6-12,20H,3,5H2,1H3,(H,21,22). The van der Waals surface area contributed by atoms with Crippen molar-refractivity contribution >= 4 is 39.4 Å². The van der Waals surface area contributed by atoms with Gasteiger partial charge in [-0.2, -0.15) is 0 Å². The number of carboxylic acids is 1. The van der Waals surface area contributed by atoms with Gasteiger partial charge in [0, 0.05) is 11.4 Å². The van der Waals surface area contributed by atoms with E-state index >= 15 is 0 Å². The zero-order chi connectivity index (χ0) is 19.2. The topological polar surface area (TPSA) is 92.7 Å². The fourth-order valence-corrected chi connectivity index (χ4v) is 3.41. The second-order valence-corrected chi connectivity index (χ2v) is 7.47. The first kappa shape index (κ1) is 19.8. The fraction of sp³-hybridized carbons (Fsp3) is 0.167. The Morgan fingerprint density at radius 1 is 1.23 bits per heavy atom. The van der Waals surface area contributed by atoms with Crippen molar-refractivity contribution in [1.82, 2.24) is 0 Å². The smallest absolute Gasteiger partial charge is 0.303 e. The lowest BCUT2D eigenvalue weighted by Gasteiger charge is -2.11. The third-order valence-electron chi connectivity index (χ3n) is 3.45. The van der Waals surface area contributed by atoms with Crippen LogP contribution in [0.4, 0.5) is 5.69 Å². The summed E-state index contributed by atoms with van der Waals surface area (Å²) >= 11 is 5.98. The van der Waals surface area contributed by atoms with Crippen molar-refractivity contribution in [2.45, 2.75) is 17.7 Å². The number of aliphatic carboxylic acids is 1. The summed E-state index contributed by atoms with van der Waals surface area (Å²) in [6.45, 7) is 0. The van der Waals surface area contributed by atoms with Gasteiger partial charge in [-0.1, -0.05) is 23.8 Å². The summed E-state index contributed by atoms with van der Waals surface area (Å²) in [6.07, 6.45) is 3.61. The molecule has 8 heteroatoms. The van der Waals surface area contributed by atoms with Gasteiger partial charge in [-0.3, -0.25) is 9.52 Å². The normalized spacial score (nSPS) is 11.5. The highest BCUT2D eigenvalue weighted by atomic mass is 35.5. The van der Waals surface area contributed by atoms with Crippen LogP contribution >= 0.6 is 11.6 Å². The molecule has 0 saturated heterocycles. The summed E-state index contributed by atoms with van der Waals surface area (Å²) in [4.78, 5) is 10.7. The number of methoxy groups -OCH3 is 1. The molecule has 0 saturated carbocycles. The van der Waals surface area contributed by atoms with Crippen molar-refractivity contribution in [1.29, 1.82) is 0 Å². The highest BCUT2D eigenvalue weighted by molar-refractivity contribution is 7.92. The molecule has 2 N–H and O–H groups in total. The number of halogens is 1. The van der Waals surface area contributed by atoms with Crippen LogP contribution in [0.2, 0.25) is 5.02 Å². The van der Waals surface area contributed by atoms with Crippen LogP contribution in [-0.4, -0.2) is 26.6 Å². The van der Waals surface area contributed by atoms with Gasteiger partial charge in [0.1, 0.15) is 5.75 Å². The molecule has 0 aliphatic rings. The van der Waals surface area contributed by atoms with Gasteiger partial charge >= 0.3 is 5.97 Å². The first-order valence-electron chi connectivity index (χ1n) is 7.66. The number of nitrogens with one attached hydrogen (secondary N) is 1. The van der Waals surface area contributed by atoms with Gasteiger partial charge in [0.15, 0.2) is 0 Å². The van der Waals surface area contributed by atoms with E-state index in [1.165, 1.54) is 19.2 Å². The Labute approximate surface area is 157 Å². The number of carboxylic acid groups (broad SMARTS) is 1. The third-order valence-corrected chi connectivity index (χ3v) is 5.07. The molecule has 0 fully saturated rings. The van der Waals surface area contributed by atoms with E-state index in [2.05, 4.69) is 4.72 Å². The number of anilines is 1.